The molecular weight excluding hydrogens is 180 g/mol. The minimum absolute atomic E-state index is 0.889. The van der Waals surface area contributed by atoms with Crippen LogP contribution in [0.1, 0.15) is 23.4 Å². The average Bonchev–Trinajstić information content (AvgIpc) is 2.54. The van der Waals surface area contributed by atoms with Crippen LogP contribution in [0.5, 0.6) is 0 Å². The zero-order valence-electron chi connectivity index (χ0n) is 8.05. The molecule has 0 amide bonds. The highest BCUT2D eigenvalue weighted by atomic mass is 32.1. The summed E-state index contributed by atoms with van der Waals surface area (Å²) in [6.45, 7) is 4.51. The van der Waals surface area contributed by atoms with E-state index in [2.05, 4.69) is 17.2 Å². The van der Waals surface area contributed by atoms with Crippen molar-refractivity contribution < 1.29 is 0 Å². The van der Waals surface area contributed by atoms with Crippen molar-refractivity contribution >= 4 is 11.3 Å². The fourth-order valence-electron chi connectivity index (χ4n) is 1.87. The molecule has 0 aromatic carbocycles. The Morgan fingerprint density at radius 2 is 2.31 bits per heavy atom. The highest BCUT2D eigenvalue weighted by Crippen LogP contribution is 2.22. The van der Waals surface area contributed by atoms with Gasteiger partial charge in [-0.3, -0.25) is 0 Å². The summed E-state index contributed by atoms with van der Waals surface area (Å²) in [5.74, 6) is 0.889. The van der Waals surface area contributed by atoms with Crippen molar-refractivity contribution in [1.82, 2.24) is 10.3 Å². The van der Waals surface area contributed by atoms with E-state index in [1.807, 2.05) is 16.8 Å². The quantitative estimate of drug-likeness (QED) is 0.782. The van der Waals surface area contributed by atoms with E-state index in [1.165, 1.54) is 42.9 Å². The Morgan fingerprint density at radius 1 is 1.54 bits per heavy atom. The molecule has 0 bridgehead atoms. The maximum Gasteiger partial charge on any atom is 0.0797 e. The van der Waals surface area contributed by atoms with E-state index in [4.69, 9.17) is 0 Å². The minimum Gasteiger partial charge on any atom is -0.317 e. The SMILES string of the molecule is Cc1ncsc1CC1CCNCC1. The van der Waals surface area contributed by atoms with Crippen molar-refractivity contribution in [2.45, 2.75) is 26.2 Å². The largest absolute Gasteiger partial charge is 0.317 e. The summed E-state index contributed by atoms with van der Waals surface area (Å²) in [5.41, 5.74) is 3.20. The van der Waals surface area contributed by atoms with Gasteiger partial charge in [-0.25, -0.2) is 4.98 Å². The molecule has 0 saturated carbocycles. The summed E-state index contributed by atoms with van der Waals surface area (Å²) in [5, 5.41) is 3.40. The van der Waals surface area contributed by atoms with Crippen LogP contribution < -0.4 is 5.32 Å². The second-order valence-electron chi connectivity index (χ2n) is 3.76. The third-order valence-electron chi connectivity index (χ3n) is 2.78. The molecule has 72 valence electrons. The fraction of sp³-hybridized carbons (Fsp3) is 0.700. The first kappa shape index (κ1) is 9.16. The van der Waals surface area contributed by atoms with Crippen LogP contribution in [0.3, 0.4) is 0 Å². The van der Waals surface area contributed by atoms with E-state index < -0.39 is 0 Å². The molecule has 0 unspecified atom stereocenters. The molecule has 2 rings (SSSR count). The summed E-state index contributed by atoms with van der Waals surface area (Å²) in [6.07, 6.45) is 3.91. The van der Waals surface area contributed by atoms with Gasteiger partial charge < -0.3 is 5.32 Å². The molecule has 2 nitrogen and oxygen atoms in total. The number of aromatic nitrogens is 1. The van der Waals surface area contributed by atoms with Crippen LogP contribution in [-0.4, -0.2) is 18.1 Å². The first-order chi connectivity index (χ1) is 6.36. The van der Waals surface area contributed by atoms with Crippen molar-refractivity contribution in [3.63, 3.8) is 0 Å². The first-order valence-corrected chi connectivity index (χ1v) is 5.84. The van der Waals surface area contributed by atoms with E-state index in [0.717, 1.165) is 5.92 Å². The number of nitrogens with one attached hydrogen (secondary N) is 1. The molecule has 1 aromatic heterocycles. The highest BCUT2D eigenvalue weighted by molar-refractivity contribution is 7.09. The van der Waals surface area contributed by atoms with Crippen molar-refractivity contribution in [2.24, 2.45) is 5.92 Å². The van der Waals surface area contributed by atoms with Gasteiger partial charge in [-0.2, -0.15) is 0 Å². The Hall–Kier alpha value is -0.410. The van der Waals surface area contributed by atoms with E-state index in [0.29, 0.717) is 0 Å². The summed E-state index contributed by atoms with van der Waals surface area (Å²) < 4.78 is 0. The van der Waals surface area contributed by atoms with Crippen LogP contribution in [0, 0.1) is 12.8 Å². The zero-order valence-corrected chi connectivity index (χ0v) is 8.86. The van der Waals surface area contributed by atoms with Gasteiger partial charge in [0.1, 0.15) is 0 Å². The van der Waals surface area contributed by atoms with Crippen LogP contribution in [-0.2, 0) is 6.42 Å². The van der Waals surface area contributed by atoms with E-state index in [1.54, 1.807) is 0 Å². The second kappa shape index (κ2) is 4.20. The lowest BCUT2D eigenvalue weighted by Gasteiger charge is -2.21. The van der Waals surface area contributed by atoms with Crippen molar-refractivity contribution in [3.05, 3.63) is 16.1 Å². The number of aryl methyl sites for hydroxylation is 1. The van der Waals surface area contributed by atoms with E-state index in [-0.39, 0.29) is 0 Å². The van der Waals surface area contributed by atoms with Crippen LogP contribution in [0.4, 0.5) is 0 Å². The Kier molecular flexibility index (Phi) is 2.96. The van der Waals surface area contributed by atoms with Gasteiger partial charge in [0.2, 0.25) is 0 Å². The normalized spacial score (nSPS) is 19.2. The molecule has 1 aliphatic rings. The minimum atomic E-state index is 0.889. The number of nitrogens with zero attached hydrogens (tertiary/aromatic N) is 1. The molecule has 1 saturated heterocycles. The third-order valence-corrected chi connectivity index (χ3v) is 3.74. The lowest BCUT2D eigenvalue weighted by Crippen LogP contribution is -2.28. The highest BCUT2D eigenvalue weighted by Gasteiger charge is 2.15. The number of thiazole rings is 1. The van der Waals surface area contributed by atoms with Gasteiger partial charge in [-0.15, -0.1) is 11.3 Å². The lowest BCUT2D eigenvalue weighted by molar-refractivity contribution is 0.374. The van der Waals surface area contributed by atoms with Crippen LogP contribution in [0.2, 0.25) is 0 Å². The molecule has 0 aliphatic carbocycles. The zero-order chi connectivity index (χ0) is 9.10. The standard InChI is InChI=1S/C10H16N2S/c1-8-10(13-7-12-8)6-9-2-4-11-5-3-9/h7,9,11H,2-6H2,1H3. The fourth-order valence-corrected chi connectivity index (χ4v) is 2.76. The number of rotatable bonds is 2. The van der Waals surface area contributed by atoms with Crippen LogP contribution >= 0.6 is 11.3 Å². The molecule has 1 fully saturated rings. The smallest absolute Gasteiger partial charge is 0.0797 e. The lowest BCUT2D eigenvalue weighted by atomic mass is 9.94. The maximum absolute atomic E-state index is 4.29. The van der Waals surface area contributed by atoms with Crippen LogP contribution in [0.25, 0.3) is 0 Å². The maximum atomic E-state index is 4.29. The summed E-state index contributed by atoms with van der Waals surface area (Å²) in [4.78, 5) is 5.78. The number of hydrogen-bond donors (Lipinski definition) is 1. The topological polar surface area (TPSA) is 24.9 Å². The molecule has 1 N–H and O–H groups in total. The van der Waals surface area contributed by atoms with Gasteiger partial charge >= 0.3 is 0 Å². The predicted molar refractivity (Wildman–Crippen MR) is 56.1 cm³/mol. The van der Waals surface area contributed by atoms with E-state index >= 15 is 0 Å². The Bertz CT molecular complexity index is 264. The third kappa shape index (κ3) is 2.29. The predicted octanol–water partition coefficient (Wildman–Crippen LogP) is 1.99. The van der Waals surface area contributed by atoms with Crippen molar-refractivity contribution in [2.75, 3.05) is 13.1 Å². The molecule has 1 aliphatic heterocycles. The summed E-state index contributed by atoms with van der Waals surface area (Å²) >= 11 is 1.81. The van der Waals surface area contributed by atoms with Gasteiger partial charge in [0.05, 0.1) is 11.2 Å². The average molecular weight is 196 g/mol. The molecule has 0 spiro atoms. The molecule has 2 heterocycles. The molecule has 13 heavy (non-hydrogen) atoms. The second-order valence-corrected chi connectivity index (χ2v) is 4.70. The van der Waals surface area contributed by atoms with Gasteiger partial charge in [-0.05, 0) is 45.2 Å². The monoisotopic (exact) mass is 196 g/mol. The first-order valence-electron chi connectivity index (χ1n) is 4.96. The van der Waals surface area contributed by atoms with Gasteiger partial charge in [0.25, 0.3) is 0 Å². The molecular formula is C10H16N2S. The van der Waals surface area contributed by atoms with Gasteiger partial charge in [-0.1, -0.05) is 0 Å². The van der Waals surface area contributed by atoms with Crippen molar-refractivity contribution in [3.8, 4) is 0 Å². The van der Waals surface area contributed by atoms with E-state index in [9.17, 15) is 0 Å². The molecule has 1 aromatic rings. The Balaban J connectivity index is 1.93. The van der Waals surface area contributed by atoms with Gasteiger partial charge in [0.15, 0.2) is 0 Å². The molecule has 0 radical (unpaired) electrons. The Morgan fingerprint density at radius 3 is 2.92 bits per heavy atom. The molecule has 3 heteroatoms. The van der Waals surface area contributed by atoms with Gasteiger partial charge in [0, 0.05) is 4.88 Å². The summed E-state index contributed by atoms with van der Waals surface area (Å²) in [7, 11) is 0. The van der Waals surface area contributed by atoms with Crippen LogP contribution in [0.15, 0.2) is 5.51 Å². The van der Waals surface area contributed by atoms with Crippen molar-refractivity contribution in [1.29, 1.82) is 0 Å². The Labute approximate surface area is 83.4 Å². The molecule has 0 atom stereocenters. The number of piperidine rings is 1. The summed E-state index contributed by atoms with van der Waals surface area (Å²) in [6, 6.07) is 0. The number of hydrogen-bond acceptors (Lipinski definition) is 3.